The fraction of sp³-hybridized carbons (Fsp3) is 0.273. The maximum absolute atomic E-state index is 13.3. The fourth-order valence-electron chi connectivity index (χ4n) is 3.82. The van der Waals surface area contributed by atoms with Crippen molar-refractivity contribution in [2.75, 3.05) is 25.1 Å². The van der Waals surface area contributed by atoms with Crippen LogP contribution in [-0.4, -0.2) is 47.9 Å². The largest absolute Gasteiger partial charge is 0.376 e. The smallest absolute Gasteiger partial charge is 0.278 e. The van der Waals surface area contributed by atoms with Crippen LogP contribution in [0.25, 0.3) is 5.57 Å². The van der Waals surface area contributed by atoms with Crippen molar-refractivity contribution in [3.05, 3.63) is 76.0 Å². The number of nitro groups is 1. The lowest BCUT2D eigenvalue weighted by molar-refractivity contribution is -0.384. The second-order valence-electron chi connectivity index (χ2n) is 7.28. The van der Waals surface area contributed by atoms with Crippen molar-refractivity contribution in [3.8, 4) is 0 Å². The molecular weight excluding hydrogens is 386 g/mol. The molecule has 1 atom stereocenters. The molecule has 8 nitrogen and oxygen atoms in total. The number of para-hydroxylation sites is 1. The Bertz CT molecular complexity index is 1010. The summed E-state index contributed by atoms with van der Waals surface area (Å²) in [5.74, 6) is -0.808. The van der Waals surface area contributed by atoms with Gasteiger partial charge in [0.25, 0.3) is 17.5 Å². The quantitative estimate of drug-likeness (QED) is 0.415. The Morgan fingerprint density at radius 3 is 2.40 bits per heavy atom. The van der Waals surface area contributed by atoms with E-state index in [9.17, 15) is 19.7 Å². The summed E-state index contributed by atoms with van der Waals surface area (Å²) < 4.78 is 5.62. The first-order valence-electron chi connectivity index (χ1n) is 9.73. The molecular formula is C22H21N3O5. The Balaban J connectivity index is 1.76. The minimum absolute atomic E-state index is 0.0784. The molecule has 1 saturated heterocycles. The van der Waals surface area contributed by atoms with E-state index in [1.165, 1.54) is 29.2 Å². The number of anilines is 1. The molecule has 0 saturated carbocycles. The molecule has 2 aromatic rings. The number of hydrogen-bond acceptors (Lipinski definition) is 6. The number of amides is 2. The van der Waals surface area contributed by atoms with Gasteiger partial charge in [0, 0.05) is 31.5 Å². The molecule has 0 radical (unpaired) electrons. The van der Waals surface area contributed by atoms with Crippen LogP contribution in [0.4, 0.5) is 11.4 Å². The first kappa shape index (κ1) is 19.8. The number of nitrogens with zero attached hydrogens (tertiary/aromatic N) is 3. The van der Waals surface area contributed by atoms with E-state index in [1.807, 2.05) is 30.3 Å². The van der Waals surface area contributed by atoms with Crippen LogP contribution in [0.1, 0.15) is 18.4 Å². The van der Waals surface area contributed by atoms with Gasteiger partial charge in [0.1, 0.15) is 5.70 Å². The Kier molecular flexibility index (Phi) is 5.33. The summed E-state index contributed by atoms with van der Waals surface area (Å²) in [4.78, 5) is 40.0. The normalized spacial score (nSPS) is 19.0. The lowest BCUT2D eigenvalue weighted by Crippen LogP contribution is -2.39. The first-order chi connectivity index (χ1) is 14.5. The van der Waals surface area contributed by atoms with E-state index in [4.69, 9.17) is 4.74 Å². The molecule has 8 heteroatoms. The van der Waals surface area contributed by atoms with Gasteiger partial charge in [0.2, 0.25) is 0 Å². The number of carbonyl (C=O) groups excluding carboxylic acids is 2. The highest BCUT2D eigenvalue weighted by Gasteiger charge is 2.42. The standard InChI is InChI=1S/C22H21N3O5/c1-23(16-6-3-2-4-7-16)20-19(15-9-11-17(12-10-15)25(28)29)21(26)24(22(20)27)14-18-8-5-13-30-18/h2-4,6-7,9-12,18H,5,8,13-14H2,1H3. The second kappa shape index (κ2) is 8.08. The molecule has 4 rings (SSSR count). The van der Waals surface area contributed by atoms with Gasteiger partial charge in [-0.05, 0) is 42.7 Å². The van der Waals surface area contributed by atoms with Crippen LogP contribution in [-0.2, 0) is 14.3 Å². The highest BCUT2D eigenvalue weighted by Crippen LogP contribution is 2.34. The fourth-order valence-corrected chi connectivity index (χ4v) is 3.82. The first-order valence-corrected chi connectivity index (χ1v) is 9.73. The molecule has 2 aromatic carbocycles. The van der Waals surface area contributed by atoms with Crippen LogP contribution in [0.2, 0.25) is 0 Å². The minimum atomic E-state index is -0.499. The van der Waals surface area contributed by atoms with Crippen molar-refractivity contribution < 1.29 is 19.2 Å². The molecule has 0 bridgehead atoms. The lowest BCUT2D eigenvalue weighted by atomic mass is 10.0. The number of likely N-dealkylation sites (N-methyl/N-ethyl adjacent to an activating group) is 1. The Labute approximate surface area is 173 Å². The molecule has 0 spiro atoms. The molecule has 2 heterocycles. The zero-order valence-corrected chi connectivity index (χ0v) is 16.5. The van der Waals surface area contributed by atoms with Crippen LogP contribution in [0.5, 0.6) is 0 Å². The molecule has 0 aromatic heterocycles. The van der Waals surface area contributed by atoms with E-state index in [0.717, 1.165) is 18.5 Å². The number of benzene rings is 2. The van der Waals surface area contributed by atoms with Gasteiger partial charge in [0.15, 0.2) is 0 Å². The molecule has 2 aliphatic heterocycles. The third-order valence-electron chi connectivity index (χ3n) is 5.40. The van der Waals surface area contributed by atoms with Crippen molar-refractivity contribution in [2.45, 2.75) is 18.9 Å². The lowest BCUT2D eigenvalue weighted by Gasteiger charge is -2.22. The van der Waals surface area contributed by atoms with Crippen molar-refractivity contribution in [1.29, 1.82) is 0 Å². The summed E-state index contributed by atoms with van der Waals surface area (Å²) in [7, 11) is 1.73. The number of carbonyl (C=O) groups is 2. The van der Waals surface area contributed by atoms with Crippen LogP contribution >= 0.6 is 0 Å². The maximum atomic E-state index is 13.3. The van der Waals surface area contributed by atoms with Crippen molar-refractivity contribution in [2.24, 2.45) is 0 Å². The van der Waals surface area contributed by atoms with E-state index in [0.29, 0.717) is 12.2 Å². The van der Waals surface area contributed by atoms with Crippen molar-refractivity contribution in [3.63, 3.8) is 0 Å². The van der Waals surface area contributed by atoms with Gasteiger partial charge in [-0.15, -0.1) is 0 Å². The number of imide groups is 1. The van der Waals surface area contributed by atoms with Crippen molar-refractivity contribution >= 4 is 28.8 Å². The number of ether oxygens (including phenoxy) is 1. The Morgan fingerprint density at radius 1 is 1.10 bits per heavy atom. The third kappa shape index (κ3) is 3.57. The number of non-ortho nitro benzene ring substituents is 1. The van der Waals surface area contributed by atoms with Crippen LogP contribution < -0.4 is 4.90 Å². The molecule has 0 N–H and O–H groups in total. The van der Waals surface area contributed by atoms with Gasteiger partial charge in [-0.3, -0.25) is 24.6 Å². The number of rotatable bonds is 6. The van der Waals surface area contributed by atoms with Gasteiger partial charge in [-0.1, -0.05) is 18.2 Å². The van der Waals surface area contributed by atoms with Gasteiger partial charge in [-0.25, -0.2) is 0 Å². The van der Waals surface area contributed by atoms with E-state index in [2.05, 4.69) is 0 Å². The number of nitro benzene ring substituents is 1. The summed E-state index contributed by atoms with van der Waals surface area (Å²) in [5, 5.41) is 11.0. The molecule has 0 aliphatic carbocycles. The van der Waals surface area contributed by atoms with Gasteiger partial charge in [0.05, 0.1) is 23.1 Å². The SMILES string of the molecule is CN(C1=C(c2ccc([N+](=O)[O-])cc2)C(=O)N(CC2CCCO2)C1=O)c1ccccc1. The van der Waals surface area contributed by atoms with E-state index in [-0.39, 0.29) is 29.6 Å². The third-order valence-corrected chi connectivity index (χ3v) is 5.40. The van der Waals surface area contributed by atoms with Crippen molar-refractivity contribution in [1.82, 2.24) is 4.90 Å². The Morgan fingerprint density at radius 2 is 1.80 bits per heavy atom. The summed E-state index contributed by atoms with van der Waals surface area (Å²) in [6.45, 7) is 0.820. The van der Waals surface area contributed by atoms with E-state index in [1.54, 1.807) is 11.9 Å². The van der Waals surface area contributed by atoms with Crippen LogP contribution in [0, 0.1) is 10.1 Å². The summed E-state index contributed by atoms with van der Waals surface area (Å²) in [6.07, 6.45) is 1.53. The highest BCUT2D eigenvalue weighted by atomic mass is 16.6. The topological polar surface area (TPSA) is 93.0 Å². The molecule has 2 amide bonds. The molecule has 1 unspecified atom stereocenters. The predicted molar refractivity (Wildman–Crippen MR) is 111 cm³/mol. The average molecular weight is 407 g/mol. The highest BCUT2D eigenvalue weighted by molar-refractivity contribution is 6.36. The molecule has 30 heavy (non-hydrogen) atoms. The van der Waals surface area contributed by atoms with Crippen LogP contribution in [0.3, 0.4) is 0 Å². The maximum Gasteiger partial charge on any atom is 0.278 e. The monoisotopic (exact) mass is 407 g/mol. The second-order valence-corrected chi connectivity index (χ2v) is 7.28. The molecule has 1 fully saturated rings. The van der Waals surface area contributed by atoms with Crippen LogP contribution in [0.15, 0.2) is 60.3 Å². The van der Waals surface area contributed by atoms with E-state index < -0.39 is 16.7 Å². The van der Waals surface area contributed by atoms with Gasteiger partial charge >= 0.3 is 0 Å². The van der Waals surface area contributed by atoms with E-state index >= 15 is 0 Å². The summed E-state index contributed by atoms with van der Waals surface area (Å²) in [6, 6.07) is 15.0. The average Bonchev–Trinajstić information content (AvgIpc) is 3.36. The predicted octanol–water partition coefficient (Wildman–Crippen LogP) is 2.99. The zero-order valence-electron chi connectivity index (χ0n) is 16.5. The molecule has 2 aliphatic rings. The number of hydrogen-bond donors (Lipinski definition) is 0. The Hall–Kier alpha value is -3.52. The van der Waals surface area contributed by atoms with Gasteiger partial charge in [-0.2, -0.15) is 0 Å². The van der Waals surface area contributed by atoms with Gasteiger partial charge < -0.3 is 9.64 Å². The minimum Gasteiger partial charge on any atom is -0.376 e. The molecule has 154 valence electrons. The summed E-state index contributed by atoms with van der Waals surface area (Å²) >= 11 is 0. The summed E-state index contributed by atoms with van der Waals surface area (Å²) in [5.41, 5.74) is 1.63. The zero-order chi connectivity index (χ0) is 21.3.